The Labute approximate surface area is 739 Å². The van der Waals surface area contributed by atoms with Gasteiger partial charge in [0, 0.05) is 556 Å². The molecule has 0 aliphatic rings. The van der Waals surface area contributed by atoms with Crippen molar-refractivity contribution in [3.8, 4) is 0 Å². The van der Waals surface area contributed by atoms with E-state index in [4.69, 9.17) is 0 Å². The predicted octanol–water partition coefficient (Wildman–Crippen LogP) is 5.32. The van der Waals surface area contributed by atoms with Crippen LogP contribution in [0.15, 0.2) is 48.5 Å². The first-order valence-corrected chi connectivity index (χ1v) is 10.1. The fraction of sp³-hybridized carbons (Fsp3) is 0.0400. The molecule has 241 valence electrons. The van der Waals surface area contributed by atoms with Crippen LogP contribution >= 0.6 is 0 Å². The van der Waals surface area contributed by atoms with Crippen LogP contribution in [0.3, 0.4) is 0 Å². The topological polar surface area (TPSA) is 101 Å². The van der Waals surface area contributed by atoms with E-state index in [1.54, 1.807) is 18.6 Å². The molecule has 0 bridgehead atoms. The number of carbonyl (C=O) groups excluding carboxylic acids is 1. The Kier molecular flexibility index (Phi) is 120. The molecule has 0 saturated carbocycles. The summed E-state index contributed by atoms with van der Waals surface area (Å²) >= 11 is 0. The van der Waals surface area contributed by atoms with Gasteiger partial charge in [-0.2, -0.15) is 36.6 Å². The molecule has 3 aromatic rings. The van der Waals surface area contributed by atoms with Gasteiger partial charge in [-0.05, 0) is 29.3 Å². The number of carbonyl (C=O) groups is 2. The van der Waals surface area contributed by atoms with Gasteiger partial charge in [-0.15, -0.1) is 24.1 Å². The van der Waals surface area contributed by atoms with Crippen molar-refractivity contribution in [1.82, 2.24) is 9.97 Å². The SMILES string of the molecule is [CH2-]N([CH2-])c1nc([CH-]c2ccc([N-]C(=O)c3ccc(C(F)(F)F)cc3)cc2)nc(N([CH2-])[CH2-])c1[CH-]C(=O)O.[Y].[Y].[Y].[Y].[Y].[Y].[Y].[Y].[Y].[Y].[Y].[Y].[Y].[Y].[Y].[Y].[Y]. The van der Waals surface area contributed by atoms with E-state index in [2.05, 4.69) is 43.5 Å². The third kappa shape index (κ3) is 42.6. The van der Waals surface area contributed by atoms with Gasteiger partial charge in [0.25, 0.3) is 5.97 Å². The van der Waals surface area contributed by atoms with Crippen LogP contribution in [0.5, 0.6) is 0 Å². The number of alkyl halides is 3. The maximum atomic E-state index is 12.7. The smallest absolute Gasteiger partial charge is 0.416 e. The number of anilines is 2. The van der Waals surface area contributed by atoms with Gasteiger partial charge in [0.05, 0.1) is 17.3 Å². The van der Waals surface area contributed by atoms with Crippen LogP contribution in [-0.2, 0) is 567 Å². The van der Waals surface area contributed by atoms with E-state index in [1.165, 1.54) is 12.1 Å². The number of amides is 1. The van der Waals surface area contributed by atoms with Crippen molar-refractivity contribution in [1.29, 1.82) is 0 Å². The summed E-state index contributed by atoms with van der Waals surface area (Å²) in [7, 11) is 14.6. The van der Waals surface area contributed by atoms with E-state index in [9.17, 15) is 27.9 Å². The monoisotopic (exact) mass is 2010 g/mol. The molecule has 0 aliphatic carbocycles. The van der Waals surface area contributed by atoms with Crippen molar-refractivity contribution in [2.24, 2.45) is 0 Å². The number of aromatic nitrogens is 2. The summed E-state index contributed by atoms with van der Waals surface area (Å²) in [5.41, 5.74) is 0.173. The predicted molar refractivity (Wildman–Crippen MR) is 127 cm³/mol. The van der Waals surface area contributed by atoms with E-state index in [1.807, 2.05) is 0 Å². The summed E-state index contributed by atoms with van der Waals surface area (Å²) in [6.45, 7) is 0. The number of halogens is 3. The normalized spacial score (nSPS) is 7.45. The summed E-state index contributed by atoms with van der Waals surface area (Å²) in [5.74, 6) is -1.49. The van der Waals surface area contributed by atoms with Crippen molar-refractivity contribution in [3.63, 3.8) is 0 Å². The van der Waals surface area contributed by atoms with Gasteiger partial charge in [0.15, 0.2) is 0 Å². The maximum absolute atomic E-state index is 12.7. The van der Waals surface area contributed by atoms with E-state index < -0.39 is 23.6 Å². The molecule has 2 aromatic carbocycles. The maximum Gasteiger partial charge on any atom is 0.416 e. The third-order valence-electron chi connectivity index (χ3n) is 4.67. The molecule has 0 atom stereocenters. The minimum atomic E-state index is -4.50. The van der Waals surface area contributed by atoms with Crippen molar-refractivity contribution < 1.29 is 584 Å². The van der Waals surface area contributed by atoms with Crippen molar-refractivity contribution in [2.75, 3.05) is 9.80 Å². The molecule has 28 heteroatoms. The van der Waals surface area contributed by atoms with Gasteiger partial charge in [-0.1, -0.05) is 18.6 Å². The van der Waals surface area contributed by atoms with Crippen LogP contribution in [0.2, 0.25) is 0 Å². The van der Waals surface area contributed by atoms with Gasteiger partial charge >= 0.3 is 6.18 Å². The molecule has 0 unspecified atom stereocenters. The van der Waals surface area contributed by atoms with Crippen molar-refractivity contribution in [2.45, 2.75) is 6.18 Å². The molecular formula is C25H19F3N5O3Y17-7. The van der Waals surface area contributed by atoms with Gasteiger partial charge < -0.3 is 53.2 Å². The fourth-order valence-electron chi connectivity index (χ4n) is 3.04. The molecule has 1 aromatic heterocycles. The first-order valence-electron chi connectivity index (χ1n) is 10.1. The zero-order chi connectivity index (χ0) is 26.6. The summed E-state index contributed by atoms with van der Waals surface area (Å²) in [5, 5.41) is 13.1. The second kappa shape index (κ2) is 58.9. The summed E-state index contributed by atoms with van der Waals surface area (Å²) in [6, 6.07) is 10.1. The Bertz CT molecular complexity index is 1260. The van der Waals surface area contributed by atoms with E-state index >= 15 is 0 Å². The van der Waals surface area contributed by atoms with Crippen LogP contribution in [0, 0.1) is 41.0 Å². The van der Waals surface area contributed by atoms with Gasteiger partial charge in [0.2, 0.25) is 0 Å². The molecule has 0 saturated heterocycles. The zero-order valence-electron chi connectivity index (χ0n) is 28.6. The van der Waals surface area contributed by atoms with Gasteiger partial charge in [0.1, 0.15) is 0 Å². The average molecular weight is 2010 g/mol. The Balaban J connectivity index is -0.0000000653. The van der Waals surface area contributed by atoms with E-state index in [0.717, 1.165) is 40.5 Å². The Hall–Kier alpha value is 14.4. The number of carboxylic acid groups (broad SMARTS) is 1. The number of carboxylic acids is 1. The molecule has 0 aliphatic heterocycles. The van der Waals surface area contributed by atoms with E-state index in [0.29, 0.717) is 5.56 Å². The average Bonchev–Trinajstić information content (AvgIpc) is 2.80. The molecular weight excluding hydrogens is 1990 g/mol. The van der Waals surface area contributed by atoms with Gasteiger partial charge in [-0.25, -0.2) is 0 Å². The van der Waals surface area contributed by atoms with E-state index in [-0.39, 0.29) is 590 Å². The number of nitrogens with zero attached hydrogens (tertiary/aromatic N) is 5. The molecule has 1 heterocycles. The standard InChI is InChI=1S/C25H20F3N5O3.17Y/c1-32(2)22-19(14-21(34)35)23(33(3)4)31-20(30-22)13-15-5-11-18(12-6-15)29-24(36)16-7-9-17(10-8-16)25(26,27)28;;;;;;;;;;;;;;;;;/h5-14H,1-4H2,(H2,29,34,35,36);;;;;;;;;;;;;;;;;/q-6;;;;;;;;;;;;;;;;;/p-1. The molecule has 8 nitrogen and oxygen atoms in total. The quantitative estimate of drug-likeness (QED) is 0.306. The van der Waals surface area contributed by atoms with Gasteiger partial charge in [-0.3, -0.25) is 14.8 Å². The number of hydrogen-bond donors (Lipinski definition) is 1. The largest absolute Gasteiger partial charge is 0.710 e. The first-order chi connectivity index (χ1) is 16.8. The Morgan fingerprint density at radius 1 is 0.623 bits per heavy atom. The molecule has 53 heavy (non-hydrogen) atoms. The van der Waals surface area contributed by atoms with Crippen LogP contribution in [0.1, 0.15) is 32.9 Å². The van der Waals surface area contributed by atoms with Crippen LogP contribution in [0.4, 0.5) is 30.5 Å². The van der Waals surface area contributed by atoms with Crippen molar-refractivity contribution in [3.05, 3.63) is 123 Å². The molecule has 1 N–H and O–H groups in total. The van der Waals surface area contributed by atoms with Crippen LogP contribution in [-0.4, -0.2) is 27.0 Å². The molecule has 0 fully saturated rings. The Morgan fingerprint density at radius 3 is 1.28 bits per heavy atom. The second-order valence-corrected chi connectivity index (χ2v) is 7.43. The van der Waals surface area contributed by atoms with Crippen LogP contribution < -0.4 is 9.80 Å². The summed E-state index contributed by atoms with van der Waals surface area (Å²) < 4.78 is 38.1. The molecule has 17 radical (unpaired) electrons. The molecule has 3 rings (SSSR count). The third-order valence-corrected chi connectivity index (χ3v) is 4.67. The Morgan fingerprint density at radius 2 is 0.981 bits per heavy atom. The zero-order valence-corrected chi connectivity index (χ0v) is 76.8. The minimum Gasteiger partial charge on any atom is -0.710 e. The number of rotatable bonds is 8. The molecule has 1 amide bonds. The number of hydrogen-bond acceptors (Lipinski definition) is 6. The number of aliphatic carboxylic acids is 1. The van der Waals surface area contributed by atoms with Crippen molar-refractivity contribution >= 4 is 29.2 Å². The summed E-state index contributed by atoms with van der Waals surface area (Å²) in [6.07, 6.45) is -2.03. The first kappa shape index (κ1) is 108. The molecule has 0 spiro atoms. The van der Waals surface area contributed by atoms with Crippen LogP contribution in [0.25, 0.3) is 5.32 Å². The summed E-state index contributed by atoms with van der Waals surface area (Å²) in [4.78, 5) is 34.4. The minimum absolute atomic E-state index is 0. The fourth-order valence-corrected chi connectivity index (χ4v) is 3.04. The second-order valence-electron chi connectivity index (χ2n) is 7.43. The number of benzene rings is 2.